The first-order chi connectivity index (χ1) is 10.9. The van der Waals surface area contributed by atoms with E-state index in [1.165, 1.54) is 0 Å². The standard InChI is InChI=1S/C17H22ClN3O2/c1-12(2)9-21(11-13-8-19-20(3)10-13)17(23)16(22)14-5-4-6-15(18)7-14/h4-8,10,12,16,22H,9,11H2,1-3H3/t16-/m0/s1. The number of aliphatic hydroxyl groups excluding tert-OH is 1. The van der Waals surface area contributed by atoms with Crippen LogP contribution in [0, 0.1) is 5.92 Å². The van der Waals surface area contributed by atoms with Crippen LogP contribution in [-0.2, 0) is 18.4 Å². The zero-order chi connectivity index (χ0) is 17.0. The molecular formula is C17H22ClN3O2. The van der Waals surface area contributed by atoms with E-state index in [2.05, 4.69) is 5.10 Å². The Bertz CT molecular complexity index is 669. The Morgan fingerprint density at radius 1 is 1.43 bits per heavy atom. The van der Waals surface area contributed by atoms with E-state index in [1.54, 1.807) is 40.0 Å². The van der Waals surface area contributed by atoms with Gasteiger partial charge in [0.05, 0.1) is 6.20 Å². The molecule has 0 aliphatic carbocycles. The van der Waals surface area contributed by atoms with Crippen LogP contribution in [0.5, 0.6) is 0 Å². The van der Waals surface area contributed by atoms with Crippen LogP contribution in [-0.4, -0.2) is 32.2 Å². The minimum Gasteiger partial charge on any atom is -0.378 e. The van der Waals surface area contributed by atoms with Crippen LogP contribution in [0.2, 0.25) is 5.02 Å². The first-order valence-electron chi connectivity index (χ1n) is 7.56. The number of aromatic nitrogens is 2. The molecule has 1 aromatic heterocycles. The second-order valence-electron chi connectivity index (χ2n) is 6.09. The van der Waals surface area contributed by atoms with Gasteiger partial charge in [-0.15, -0.1) is 0 Å². The third kappa shape index (κ3) is 4.81. The molecule has 1 atom stereocenters. The number of nitrogens with zero attached hydrogens (tertiary/aromatic N) is 3. The lowest BCUT2D eigenvalue weighted by molar-refractivity contribution is -0.141. The van der Waals surface area contributed by atoms with Gasteiger partial charge in [-0.25, -0.2) is 0 Å². The Balaban J connectivity index is 2.18. The Hall–Kier alpha value is -1.85. The monoisotopic (exact) mass is 335 g/mol. The Labute approximate surface area is 141 Å². The molecule has 6 heteroatoms. The number of carbonyl (C=O) groups is 1. The number of hydrogen-bond donors (Lipinski definition) is 1. The molecule has 2 aromatic rings. The van der Waals surface area contributed by atoms with E-state index in [1.807, 2.05) is 27.1 Å². The van der Waals surface area contributed by atoms with E-state index in [0.717, 1.165) is 5.56 Å². The number of aliphatic hydroxyl groups is 1. The van der Waals surface area contributed by atoms with Crippen molar-refractivity contribution in [3.8, 4) is 0 Å². The highest BCUT2D eigenvalue weighted by Crippen LogP contribution is 2.21. The predicted octanol–water partition coefficient (Wildman–Crippen LogP) is 2.79. The molecule has 1 N–H and O–H groups in total. The average molecular weight is 336 g/mol. The fourth-order valence-electron chi connectivity index (χ4n) is 2.44. The van der Waals surface area contributed by atoms with Crippen molar-refractivity contribution in [2.45, 2.75) is 26.5 Å². The summed E-state index contributed by atoms with van der Waals surface area (Å²) in [4.78, 5) is 14.4. The second-order valence-corrected chi connectivity index (χ2v) is 6.53. The van der Waals surface area contributed by atoms with Gasteiger partial charge < -0.3 is 10.0 Å². The van der Waals surface area contributed by atoms with Crippen molar-refractivity contribution in [3.63, 3.8) is 0 Å². The highest BCUT2D eigenvalue weighted by Gasteiger charge is 2.25. The number of rotatable bonds is 6. The minimum atomic E-state index is -1.22. The minimum absolute atomic E-state index is 0.294. The van der Waals surface area contributed by atoms with Crippen molar-refractivity contribution in [3.05, 3.63) is 52.8 Å². The highest BCUT2D eigenvalue weighted by molar-refractivity contribution is 6.30. The highest BCUT2D eigenvalue weighted by atomic mass is 35.5. The lowest BCUT2D eigenvalue weighted by Gasteiger charge is -2.26. The van der Waals surface area contributed by atoms with Crippen LogP contribution in [0.3, 0.4) is 0 Å². The van der Waals surface area contributed by atoms with Crippen molar-refractivity contribution in [1.29, 1.82) is 0 Å². The molecule has 1 amide bonds. The molecule has 2 rings (SSSR count). The van der Waals surface area contributed by atoms with Gasteiger partial charge in [0.25, 0.3) is 5.91 Å². The Kier molecular flexibility index (Phi) is 5.80. The topological polar surface area (TPSA) is 58.4 Å². The molecule has 1 heterocycles. The molecule has 0 aliphatic heterocycles. The number of halogens is 1. The van der Waals surface area contributed by atoms with Crippen molar-refractivity contribution in [2.75, 3.05) is 6.54 Å². The normalized spacial score (nSPS) is 12.4. The number of amides is 1. The number of benzene rings is 1. The third-order valence-electron chi connectivity index (χ3n) is 3.43. The van der Waals surface area contributed by atoms with E-state index in [4.69, 9.17) is 11.6 Å². The molecule has 0 radical (unpaired) electrons. The summed E-state index contributed by atoms with van der Waals surface area (Å²) in [6.45, 7) is 5.05. The summed E-state index contributed by atoms with van der Waals surface area (Å²) in [6, 6.07) is 6.75. The zero-order valence-corrected chi connectivity index (χ0v) is 14.4. The molecule has 0 fully saturated rings. The maximum absolute atomic E-state index is 12.7. The van der Waals surface area contributed by atoms with Gasteiger partial charge in [-0.1, -0.05) is 37.6 Å². The van der Waals surface area contributed by atoms with Gasteiger partial charge in [-0.3, -0.25) is 9.48 Å². The fraction of sp³-hybridized carbons (Fsp3) is 0.412. The molecule has 0 spiro atoms. The van der Waals surface area contributed by atoms with Crippen molar-refractivity contribution in [1.82, 2.24) is 14.7 Å². The maximum atomic E-state index is 12.7. The second kappa shape index (κ2) is 7.62. The predicted molar refractivity (Wildman–Crippen MR) is 89.9 cm³/mol. The van der Waals surface area contributed by atoms with E-state index in [0.29, 0.717) is 29.6 Å². The number of carbonyl (C=O) groups excluding carboxylic acids is 1. The molecule has 23 heavy (non-hydrogen) atoms. The average Bonchev–Trinajstić information content (AvgIpc) is 2.90. The van der Waals surface area contributed by atoms with E-state index in [9.17, 15) is 9.90 Å². The van der Waals surface area contributed by atoms with Gasteiger partial charge in [0.2, 0.25) is 0 Å². The molecule has 5 nitrogen and oxygen atoms in total. The fourth-order valence-corrected chi connectivity index (χ4v) is 2.64. The van der Waals surface area contributed by atoms with Crippen molar-refractivity contribution < 1.29 is 9.90 Å². The number of aryl methyl sites for hydroxylation is 1. The van der Waals surface area contributed by atoms with Crippen LogP contribution in [0.1, 0.15) is 31.1 Å². The van der Waals surface area contributed by atoms with Crippen LogP contribution in [0.25, 0.3) is 0 Å². The molecule has 124 valence electrons. The van der Waals surface area contributed by atoms with Gasteiger partial charge in [-0.05, 0) is 23.6 Å². The lowest BCUT2D eigenvalue weighted by atomic mass is 10.1. The van der Waals surface area contributed by atoms with Crippen LogP contribution < -0.4 is 0 Å². The van der Waals surface area contributed by atoms with Crippen LogP contribution in [0.15, 0.2) is 36.7 Å². The van der Waals surface area contributed by atoms with Gasteiger partial charge in [-0.2, -0.15) is 5.10 Å². The van der Waals surface area contributed by atoms with E-state index >= 15 is 0 Å². The summed E-state index contributed by atoms with van der Waals surface area (Å²) in [5, 5.41) is 15.0. The molecule has 0 unspecified atom stereocenters. The van der Waals surface area contributed by atoms with Gasteiger partial charge >= 0.3 is 0 Å². The summed E-state index contributed by atoms with van der Waals surface area (Å²) in [5.41, 5.74) is 1.43. The van der Waals surface area contributed by atoms with Crippen molar-refractivity contribution >= 4 is 17.5 Å². The van der Waals surface area contributed by atoms with E-state index in [-0.39, 0.29) is 5.91 Å². The Morgan fingerprint density at radius 3 is 2.74 bits per heavy atom. The molecule has 0 aliphatic rings. The molecule has 0 bridgehead atoms. The SMILES string of the molecule is CC(C)CN(Cc1cnn(C)c1)C(=O)[C@@H](O)c1cccc(Cl)c1. The van der Waals surface area contributed by atoms with Crippen molar-refractivity contribution in [2.24, 2.45) is 13.0 Å². The molecule has 0 saturated carbocycles. The maximum Gasteiger partial charge on any atom is 0.256 e. The van der Waals surface area contributed by atoms with Gasteiger partial charge in [0.15, 0.2) is 6.10 Å². The molecule has 1 aromatic carbocycles. The molecular weight excluding hydrogens is 314 g/mol. The quantitative estimate of drug-likeness (QED) is 0.883. The zero-order valence-electron chi connectivity index (χ0n) is 13.6. The Morgan fingerprint density at radius 2 is 2.17 bits per heavy atom. The van der Waals surface area contributed by atoms with Crippen LogP contribution in [0.4, 0.5) is 0 Å². The van der Waals surface area contributed by atoms with Gasteiger partial charge in [0.1, 0.15) is 0 Å². The summed E-state index contributed by atoms with van der Waals surface area (Å²) in [6.07, 6.45) is 2.38. The van der Waals surface area contributed by atoms with E-state index < -0.39 is 6.10 Å². The lowest BCUT2D eigenvalue weighted by Crippen LogP contribution is -2.37. The third-order valence-corrected chi connectivity index (χ3v) is 3.66. The van der Waals surface area contributed by atoms with Crippen LogP contribution >= 0.6 is 11.6 Å². The summed E-state index contributed by atoms with van der Waals surface area (Å²) in [5.74, 6) is -0.0352. The first kappa shape index (κ1) is 17.5. The summed E-state index contributed by atoms with van der Waals surface area (Å²) >= 11 is 5.94. The first-order valence-corrected chi connectivity index (χ1v) is 7.94. The summed E-state index contributed by atoms with van der Waals surface area (Å²) < 4.78 is 1.70. The number of hydrogen-bond acceptors (Lipinski definition) is 3. The van der Waals surface area contributed by atoms with Gasteiger partial charge in [0, 0.05) is 36.9 Å². The molecule has 0 saturated heterocycles. The summed E-state index contributed by atoms with van der Waals surface area (Å²) in [7, 11) is 1.83. The largest absolute Gasteiger partial charge is 0.378 e. The smallest absolute Gasteiger partial charge is 0.256 e.